The molecule has 7 rings (SSSR count). The van der Waals surface area contributed by atoms with Gasteiger partial charge in [-0.2, -0.15) is 0 Å². The van der Waals surface area contributed by atoms with Crippen molar-refractivity contribution in [3.8, 4) is 23.3 Å². The molecule has 0 spiro atoms. The Bertz CT molecular complexity index is 2780. The van der Waals surface area contributed by atoms with E-state index in [0.29, 0.717) is 9.94 Å². The molecule has 0 saturated carbocycles. The molecule has 2 aromatic carbocycles. The minimum atomic E-state index is -3.94. The molecule has 5 heterocycles. The van der Waals surface area contributed by atoms with Gasteiger partial charge in [0.2, 0.25) is 31.8 Å². The Kier molecular flexibility index (Phi) is 19.2. The van der Waals surface area contributed by atoms with Crippen LogP contribution in [0.15, 0.2) is 87.3 Å². The third-order valence-electron chi connectivity index (χ3n) is 13.4. The van der Waals surface area contributed by atoms with Crippen molar-refractivity contribution in [2.75, 3.05) is 14.2 Å². The Morgan fingerprint density at radius 2 is 0.829 bits per heavy atom. The van der Waals surface area contributed by atoms with Crippen LogP contribution in [-0.2, 0) is 61.2 Å². The number of pyridine rings is 2. The highest BCUT2D eigenvalue weighted by atomic mass is 79.9. The van der Waals surface area contributed by atoms with E-state index in [1.165, 1.54) is 24.5 Å². The average Bonchev–Trinajstić information content (AvgIpc) is 3.76. The Balaban J connectivity index is 0.000000220. The molecule has 0 bridgehead atoms. The molecule has 0 unspecified atom stereocenters. The summed E-state index contributed by atoms with van der Waals surface area (Å²) >= 11 is 3.26. The van der Waals surface area contributed by atoms with Gasteiger partial charge in [-0.25, -0.2) is 36.2 Å². The molecule has 76 heavy (non-hydrogen) atoms. The van der Waals surface area contributed by atoms with Gasteiger partial charge in [0, 0.05) is 33.4 Å². The molecule has 3 saturated heterocycles. The number of ether oxygens (including phenoxy) is 4. The monoisotopic (exact) mass is 1160 g/mol. The molecule has 2 aromatic heterocycles. The van der Waals surface area contributed by atoms with E-state index in [1.807, 2.05) is 132 Å². The van der Waals surface area contributed by atoms with Crippen LogP contribution in [-0.4, -0.2) is 107 Å². The van der Waals surface area contributed by atoms with Crippen LogP contribution < -0.4 is 33.9 Å². The predicted octanol–water partition coefficient (Wildman–Crippen LogP) is 8.80. The van der Waals surface area contributed by atoms with Crippen LogP contribution in [0.4, 0.5) is 0 Å². The lowest BCUT2D eigenvalue weighted by Gasteiger charge is -2.32. The number of halogens is 1. The standard InChI is InChI=1S/C23H33BN2O6S.C17H21BrN2O4S.C12H24B2O4/c1-21(2,3)26-33(27,28)19-13-17(24-31-22(4,5)23(6,7)32-24)14-25-20(19)30-15-16-9-11-18(29-8)12-10-16;1-17(2,3)20-25(21,22)15-9-13(18)10-19-16(15)24-11-12-5-7-14(23-4)8-6-12;1-9(2)10(3,4)16-13(15-9)14-17-11(5,6)12(7,8)18-14/h9-14,26H,15H2,1-8H3;5-10,20H,11H2,1-4H3;1-8H3. The number of aromatic nitrogens is 2. The maximum atomic E-state index is 13.3. The summed E-state index contributed by atoms with van der Waals surface area (Å²) < 4.78 is 115. The van der Waals surface area contributed by atoms with E-state index in [0.717, 1.165) is 22.6 Å². The van der Waals surface area contributed by atoms with Crippen molar-refractivity contribution in [2.24, 2.45) is 0 Å². The largest absolute Gasteiger partial charge is 0.497 e. The number of nitrogens with zero attached hydrogens (tertiary/aromatic N) is 2. The Morgan fingerprint density at radius 3 is 1.16 bits per heavy atom. The third kappa shape index (κ3) is 15.9. The first-order valence-corrected chi connectivity index (χ1v) is 28.7. The summed E-state index contributed by atoms with van der Waals surface area (Å²) in [5.74, 6) is 1.52. The lowest BCUT2D eigenvalue weighted by atomic mass is 9.49. The topological polar surface area (TPSA) is 210 Å². The molecule has 0 radical (unpaired) electrons. The van der Waals surface area contributed by atoms with E-state index in [9.17, 15) is 16.8 Å². The van der Waals surface area contributed by atoms with Crippen LogP contribution in [0.3, 0.4) is 0 Å². The number of benzene rings is 2. The second-order valence-corrected chi connectivity index (χ2v) is 28.1. The van der Waals surface area contributed by atoms with Gasteiger partial charge in [0.1, 0.15) is 34.5 Å². The number of nitrogens with one attached hydrogen (secondary N) is 2. The zero-order valence-corrected chi connectivity index (χ0v) is 51.1. The van der Waals surface area contributed by atoms with Gasteiger partial charge in [-0.3, -0.25) is 0 Å². The molecular formula is C52H78B3BrN4O14S2. The fraction of sp³-hybridized carbons (Fsp3) is 0.577. The highest BCUT2D eigenvalue weighted by Crippen LogP contribution is 2.43. The van der Waals surface area contributed by atoms with Gasteiger partial charge < -0.3 is 46.9 Å². The molecule has 18 nitrogen and oxygen atoms in total. The lowest BCUT2D eigenvalue weighted by molar-refractivity contribution is 0.00578. The third-order valence-corrected chi connectivity index (χ3v) is 17.4. The molecule has 418 valence electrons. The van der Waals surface area contributed by atoms with Crippen molar-refractivity contribution in [1.82, 2.24) is 19.4 Å². The molecule has 3 aliphatic rings. The Morgan fingerprint density at radius 1 is 0.513 bits per heavy atom. The SMILES string of the molecule is CC1(C)OB(B2OC(C)(C)C(C)(C)O2)OC1(C)C.COc1ccc(COc2ncc(B3OC(C)(C)C(C)(C)O3)cc2S(=O)(=O)NC(C)(C)C)cc1.COc1ccc(COc2ncc(Br)cc2S(=O)(=O)NC(C)(C)C)cc1. The normalized spacial score (nSPS) is 19.2. The summed E-state index contributed by atoms with van der Waals surface area (Å²) in [4.78, 5) is 8.37. The molecule has 0 atom stereocenters. The van der Waals surface area contributed by atoms with Gasteiger partial charge in [0.05, 0.1) is 47.8 Å². The number of hydrogen-bond donors (Lipinski definition) is 2. The molecule has 4 aromatic rings. The highest BCUT2D eigenvalue weighted by Gasteiger charge is 2.64. The van der Waals surface area contributed by atoms with Gasteiger partial charge in [0.25, 0.3) is 0 Å². The summed E-state index contributed by atoms with van der Waals surface area (Å²) in [6.45, 7) is 34.9. The first-order valence-electron chi connectivity index (χ1n) is 24.9. The molecule has 24 heteroatoms. The minimum Gasteiger partial charge on any atom is -0.497 e. The van der Waals surface area contributed by atoms with Crippen molar-refractivity contribution < 1.29 is 63.7 Å². The summed E-state index contributed by atoms with van der Waals surface area (Å²) in [5, 5.41) is 0. The van der Waals surface area contributed by atoms with Crippen molar-refractivity contribution in [2.45, 2.75) is 192 Å². The molecule has 0 amide bonds. The van der Waals surface area contributed by atoms with Crippen LogP contribution in [0.1, 0.15) is 136 Å². The lowest BCUT2D eigenvalue weighted by Crippen LogP contribution is -2.41. The van der Waals surface area contributed by atoms with Crippen LogP contribution >= 0.6 is 15.9 Å². The number of methoxy groups -OCH3 is 2. The van der Waals surface area contributed by atoms with Crippen LogP contribution in [0.2, 0.25) is 0 Å². The fourth-order valence-corrected chi connectivity index (χ4v) is 10.8. The van der Waals surface area contributed by atoms with E-state index in [4.69, 9.17) is 46.9 Å². The van der Waals surface area contributed by atoms with Crippen LogP contribution in [0, 0.1) is 0 Å². The fourth-order valence-electron chi connectivity index (χ4n) is 7.23. The van der Waals surface area contributed by atoms with E-state index >= 15 is 0 Å². The van der Waals surface area contributed by atoms with Crippen LogP contribution in [0.25, 0.3) is 0 Å². The first-order chi connectivity index (χ1) is 34.6. The maximum absolute atomic E-state index is 13.3. The van der Waals surface area contributed by atoms with Gasteiger partial charge >= 0.3 is 21.1 Å². The van der Waals surface area contributed by atoms with E-state index in [2.05, 4.69) is 35.3 Å². The first kappa shape index (κ1) is 63.0. The number of sulfonamides is 2. The highest BCUT2D eigenvalue weighted by molar-refractivity contribution is 9.10. The summed E-state index contributed by atoms with van der Waals surface area (Å²) in [7, 11) is -6.23. The molecule has 3 aliphatic heterocycles. The van der Waals surface area contributed by atoms with Gasteiger partial charge in [-0.05, 0) is 188 Å². The molecule has 2 N–H and O–H groups in total. The van der Waals surface area contributed by atoms with E-state index in [1.54, 1.807) is 55.8 Å². The maximum Gasteiger partial charge on any atom is 0.496 e. The average molecular weight is 1160 g/mol. The number of rotatable bonds is 14. The van der Waals surface area contributed by atoms with Gasteiger partial charge in [-0.15, -0.1) is 0 Å². The van der Waals surface area contributed by atoms with Crippen molar-refractivity contribution in [1.29, 1.82) is 0 Å². The second kappa shape index (κ2) is 23.1. The summed E-state index contributed by atoms with van der Waals surface area (Å²) in [6.07, 6.45) is 3.03. The van der Waals surface area contributed by atoms with Gasteiger partial charge in [0.15, 0.2) is 0 Å². The van der Waals surface area contributed by atoms with Gasteiger partial charge in [-0.1, -0.05) is 24.3 Å². The molecule has 3 fully saturated rings. The second-order valence-electron chi connectivity index (χ2n) is 23.9. The van der Waals surface area contributed by atoms with Crippen molar-refractivity contribution in [3.05, 3.63) is 88.7 Å². The zero-order chi connectivity index (χ0) is 57.3. The Hall–Kier alpha value is -3.81. The molecule has 0 aliphatic carbocycles. The Labute approximate surface area is 461 Å². The van der Waals surface area contributed by atoms with Crippen molar-refractivity contribution in [3.63, 3.8) is 0 Å². The van der Waals surface area contributed by atoms with Crippen molar-refractivity contribution >= 4 is 62.6 Å². The quantitative estimate of drug-likeness (QED) is 0.113. The van der Waals surface area contributed by atoms with Crippen LogP contribution in [0.5, 0.6) is 23.3 Å². The van der Waals surface area contributed by atoms with E-state index in [-0.39, 0.29) is 57.2 Å². The smallest absolute Gasteiger partial charge is 0.496 e. The minimum absolute atomic E-state index is 0.00263. The van der Waals surface area contributed by atoms with E-state index < -0.39 is 63.5 Å². The summed E-state index contributed by atoms with van der Waals surface area (Å²) in [5.41, 5.74) is -1.66. The number of hydrogen-bond acceptors (Lipinski definition) is 16. The predicted molar refractivity (Wildman–Crippen MR) is 299 cm³/mol. The zero-order valence-electron chi connectivity index (χ0n) is 47.9. The summed E-state index contributed by atoms with van der Waals surface area (Å²) in [6, 6.07) is 17.6. The molecular weight excluding hydrogens is 1080 g/mol.